The van der Waals surface area contributed by atoms with Crippen molar-refractivity contribution in [2.24, 2.45) is 11.8 Å². The number of nitrogens with two attached hydrogens (primary N) is 1. The van der Waals surface area contributed by atoms with E-state index in [0.29, 0.717) is 95.0 Å². The number of carbonyl (C=O) groups is 3. The summed E-state index contributed by atoms with van der Waals surface area (Å²) in [4.78, 5) is 60.0. The van der Waals surface area contributed by atoms with E-state index in [4.69, 9.17) is 25.8 Å². The number of nitrogens with one attached hydrogen (secondary N) is 2. The topological polar surface area (TPSA) is 446 Å². The fourth-order valence-corrected chi connectivity index (χ4v) is 9.97. The zero-order chi connectivity index (χ0) is 54.1. The van der Waals surface area contributed by atoms with Gasteiger partial charge in [-0.25, -0.2) is 35.2 Å². The van der Waals surface area contributed by atoms with E-state index < -0.39 is 62.8 Å². The van der Waals surface area contributed by atoms with Gasteiger partial charge in [-0.1, -0.05) is 79.7 Å². The van der Waals surface area contributed by atoms with Crippen LogP contribution in [0.25, 0.3) is 90.9 Å². The van der Waals surface area contributed by atoms with Crippen LogP contribution in [-0.4, -0.2) is 73.2 Å². The Kier molecular flexibility index (Phi) is 19.9. The van der Waals surface area contributed by atoms with E-state index in [1.54, 1.807) is 79.8 Å². The molecule has 0 saturated carbocycles. The van der Waals surface area contributed by atoms with Crippen LogP contribution in [0, 0.1) is 5.92 Å². The summed E-state index contributed by atoms with van der Waals surface area (Å²) in [6.45, 7) is 1.61. The maximum absolute atomic E-state index is 13.0. The van der Waals surface area contributed by atoms with Crippen LogP contribution < -0.4 is 45.0 Å². The van der Waals surface area contributed by atoms with Crippen LogP contribution in [0.2, 0.25) is 0 Å². The molecular weight excluding hydrogens is 1140 g/mol. The summed E-state index contributed by atoms with van der Waals surface area (Å²) in [5.74, 6) is 2.94. The Labute approximate surface area is 469 Å². The molecular formula is C53H52FeN10O13S3. The van der Waals surface area contributed by atoms with Crippen molar-refractivity contribution >= 4 is 100 Å². The maximum atomic E-state index is 13.0. The minimum Gasteiger partial charge on any atom is -0.744 e. The average Bonchev–Trinajstić information content (AvgIpc) is 4.27. The second-order valence-electron chi connectivity index (χ2n) is 17.4. The SMILES string of the molecule is CC(CCC(=O)NCCC(=O)Nc1ccc(-c2c3nc(c(-c4ccc(S(=O)(=O)[O-])cc4)c4ccc([n-]4)c(-c4ccc(S(=O)(=O)[O-])cc4)c4nc(c(-c5ccc(S(=O)(=O)[O-])cc5)c5ccc2[n-]5)C=C4)C=C3)cc1)C(=O)ON.[Fe+2].[NH4+].[NH4+].[NH4+]. The van der Waals surface area contributed by atoms with E-state index in [1.807, 2.05) is 0 Å². The molecule has 3 aromatic heterocycles. The smallest absolute Gasteiger partial charge is 0.744 e. The van der Waals surface area contributed by atoms with Gasteiger partial charge in [0.25, 0.3) is 0 Å². The maximum Gasteiger partial charge on any atom is 2.00 e. The first-order valence-corrected chi connectivity index (χ1v) is 27.2. The molecule has 9 rings (SSSR count). The fourth-order valence-electron chi connectivity index (χ4n) is 8.56. The molecule has 0 aliphatic carbocycles. The normalized spacial score (nSPS) is 12.2. The molecule has 2 aliphatic rings. The number of hydrogen-bond donors (Lipinski definition) is 6. The summed E-state index contributed by atoms with van der Waals surface area (Å²) in [6, 6.07) is 29.4. The van der Waals surface area contributed by atoms with Gasteiger partial charge >= 0.3 is 23.0 Å². The van der Waals surface area contributed by atoms with Crippen molar-refractivity contribution in [3.8, 4) is 44.5 Å². The van der Waals surface area contributed by atoms with Crippen molar-refractivity contribution in [2.75, 3.05) is 11.9 Å². The Bertz CT molecular complexity index is 4010. The van der Waals surface area contributed by atoms with Gasteiger partial charge in [-0.3, -0.25) is 14.4 Å². The third-order valence-corrected chi connectivity index (χ3v) is 14.9. The van der Waals surface area contributed by atoms with Gasteiger partial charge in [-0.2, -0.15) is 5.90 Å². The van der Waals surface area contributed by atoms with Crippen LogP contribution in [0.5, 0.6) is 0 Å². The summed E-state index contributed by atoms with van der Waals surface area (Å²) in [6.07, 6.45) is 7.02. The Morgan fingerprint density at radius 1 is 0.512 bits per heavy atom. The summed E-state index contributed by atoms with van der Waals surface area (Å²) < 4.78 is 108. The molecule has 16 N–H and O–H groups in total. The molecule has 7 aromatic rings. The van der Waals surface area contributed by atoms with Crippen LogP contribution in [0.3, 0.4) is 0 Å². The molecule has 27 heteroatoms. The molecule has 0 radical (unpaired) electrons. The summed E-state index contributed by atoms with van der Waals surface area (Å²) in [5.41, 5.74) is 6.86. The number of quaternary nitrogens is 3. The molecule has 23 nitrogen and oxygen atoms in total. The van der Waals surface area contributed by atoms with Crippen LogP contribution in [0.15, 0.2) is 136 Å². The van der Waals surface area contributed by atoms with Crippen molar-refractivity contribution in [1.29, 1.82) is 0 Å². The molecule has 2 aliphatic heterocycles. The summed E-state index contributed by atoms with van der Waals surface area (Å²) >= 11 is 0. The van der Waals surface area contributed by atoms with E-state index >= 15 is 0 Å². The van der Waals surface area contributed by atoms with Crippen LogP contribution >= 0.6 is 0 Å². The fraction of sp³-hybridized carbons (Fsp3) is 0.113. The Morgan fingerprint density at radius 2 is 0.825 bits per heavy atom. The number of carbonyl (C=O) groups excluding carboxylic acids is 3. The molecule has 80 heavy (non-hydrogen) atoms. The Balaban J connectivity index is 0.00000294. The Morgan fingerprint density at radius 3 is 1.12 bits per heavy atom. The third-order valence-electron chi connectivity index (χ3n) is 12.4. The van der Waals surface area contributed by atoms with Gasteiger partial charge in [0.2, 0.25) is 11.8 Å². The van der Waals surface area contributed by atoms with Gasteiger partial charge in [-0.15, -0.1) is 22.1 Å². The predicted octanol–water partition coefficient (Wildman–Crippen LogP) is 7.70. The van der Waals surface area contributed by atoms with Crippen LogP contribution in [-0.2, 0) is 66.6 Å². The number of hydrogen-bond acceptors (Lipinski definition) is 16. The van der Waals surface area contributed by atoms with E-state index in [2.05, 4.69) is 15.5 Å². The molecule has 4 aromatic carbocycles. The monoisotopic (exact) mass is 1190 g/mol. The van der Waals surface area contributed by atoms with E-state index in [0.717, 1.165) is 12.1 Å². The first-order valence-electron chi connectivity index (χ1n) is 23.0. The molecule has 8 bridgehead atoms. The zero-order valence-corrected chi connectivity index (χ0v) is 46.6. The van der Waals surface area contributed by atoms with E-state index in [9.17, 15) is 53.3 Å². The number of aromatic nitrogens is 4. The van der Waals surface area contributed by atoms with Gasteiger partial charge in [-0.05, 0) is 124 Å². The molecule has 5 heterocycles. The number of amides is 2. The van der Waals surface area contributed by atoms with Gasteiger partial charge in [0.1, 0.15) is 30.4 Å². The largest absolute Gasteiger partial charge is 2.00 e. The van der Waals surface area contributed by atoms with Crippen molar-refractivity contribution in [3.63, 3.8) is 0 Å². The van der Waals surface area contributed by atoms with Crippen LogP contribution in [0.1, 0.15) is 49.0 Å². The molecule has 0 saturated heterocycles. The average molecular weight is 1190 g/mol. The minimum absolute atomic E-state index is 0. The first kappa shape index (κ1) is 62.8. The molecule has 418 valence electrons. The van der Waals surface area contributed by atoms with Crippen molar-refractivity contribution < 1.29 is 75.2 Å². The number of fused-ring (bicyclic) bond motifs is 8. The summed E-state index contributed by atoms with van der Waals surface area (Å²) in [7, 11) is -14.5. The molecule has 2 amide bonds. The van der Waals surface area contributed by atoms with Gasteiger partial charge in [0.05, 0.1) is 43.4 Å². The molecule has 0 fully saturated rings. The number of anilines is 1. The zero-order valence-electron chi connectivity index (χ0n) is 43.0. The molecule has 1 unspecified atom stereocenters. The van der Waals surface area contributed by atoms with Crippen molar-refractivity contribution in [1.82, 2.24) is 43.7 Å². The first-order chi connectivity index (χ1) is 36.1. The molecule has 0 spiro atoms. The second kappa shape index (κ2) is 25.4. The van der Waals surface area contributed by atoms with Crippen molar-refractivity contribution in [3.05, 3.63) is 144 Å². The number of rotatable bonds is 15. The second-order valence-corrected chi connectivity index (χ2v) is 21.5. The standard InChI is InChI=1S/C53H45N7O13S3.Fe.3H3N/c1-30(53(63)73-54)2-27-47(61)55-29-28-48(62)56-35-11-3-31(4-12-35)49-39-19-21-41(57-39)50(32-5-13-36(14-6-32)74(64,65)66)43-23-25-45(59-43)52(34-9-17-38(18-10-34)76(70,71)72)46-26-24-44(60-46)51(42-22-20-40(49)58-42)33-7-15-37(16-8-33)75(67,68)69;;;;/h3-26,30H,2,27-29,54H2,1H3,(H7,55,56,57,58,59,60,61,62,64,65,66,67,68,69,70,71,72);;3*1H3/q;+2;;;/p-2. The third kappa shape index (κ3) is 13.9. The number of nitrogens with zero attached hydrogens (tertiary/aromatic N) is 4. The van der Waals surface area contributed by atoms with Crippen LogP contribution in [0.4, 0.5) is 5.69 Å². The van der Waals surface area contributed by atoms with E-state index in [1.165, 1.54) is 60.7 Å². The quantitative estimate of drug-likeness (QED) is 0.0325. The van der Waals surface area contributed by atoms with E-state index in [-0.39, 0.29) is 67.2 Å². The Hall–Kier alpha value is -8.02. The predicted molar refractivity (Wildman–Crippen MR) is 295 cm³/mol. The van der Waals surface area contributed by atoms with Gasteiger partial charge < -0.3 is 57.5 Å². The molecule has 1 atom stereocenters. The van der Waals surface area contributed by atoms with Gasteiger partial charge in [0, 0.05) is 25.1 Å². The van der Waals surface area contributed by atoms with Gasteiger partial charge in [0.15, 0.2) is 0 Å². The van der Waals surface area contributed by atoms with Crippen molar-refractivity contribution in [2.45, 2.75) is 40.9 Å². The minimum atomic E-state index is -4.83. The summed E-state index contributed by atoms with van der Waals surface area (Å²) in [5, 5.41) is 5.47. The number of benzene rings is 4.